The summed E-state index contributed by atoms with van der Waals surface area (Å²) in [6.45, 7) is 5.41. The van der Waals surface area contributed by atoms with Crippen molar-refractivity contribution in [2.45, 2.75) is 32.9 Å². The van der Waals surface area contributed by atoms with Crippen molar-refractivity contribution in [3.05, 3.63) is 35.0 Å². The van der Waals surface area contributed by atoms with Gasteiger partial charge in [0.2, 0.25) is 0 Å². The van der Waals surface area contributed by atoms with E-state index in [1.54, 1.807) is 0 Å². The highest BCUT2D eigenvalue weighted by molar-refractivity contribution is 6.31. The summed E-state index contributed by atoms with van der Waals surface area (Å²) >= 11 is 6.04. The Labute approximate surface area is 111 Å². The molecule has 0 N–H and O–H groups in total. The molecule has 1 aromatic heterocycles. The van der Waals surface area contributed by atoms with Gasteiger partial charge in [-0.15, -0.1) is 0 Å². The Morgan fingerprint density at radius 1 is 1.50 bits per heavy atom. The average molecular weight is 266 g/mol. The Morgan fingerprint density at radius 2 is 2.28 bits per heavy atom. The number of fused-ring (bicyclic) bond motifs is 1. The first-order chi connectivity index (χ1) is 8.67. The highest BCUT2D eigenvalue weighted by atomic mass is 35.5. The maximum atomic E-state index is 10.5. The standard InChI is InChI=1S/C14H16ClNO2/c1-3-6-16-8-13(10(2)18-9-17)12-7-11(15)4-5-14(12)16/h4-5,7-10H,3,6H2,1-2H3. The van der Waals surface area contributed by atoms with Gasteiger partial charge in [0.05, 0.1) is 0 Å². The molecule has 1 heterocycles. The highest BCUT2D eigenvalue weighted by Gasteiger charge is 2.15. The zero-order chi connectivity index (χ0) is 13.1. The number of hydrogen-bond donors (Lipinski definition) is 0. The van der Waals surface area contributed by atoms with Crippen LogP contribution < -0.4 is 0 Å². The smallest absolute Gasteiger partial charge is 0.293 e. The van der Waals surface area contributed by atoms with E-state index in [0.29, 0.717) is 11.5 Å². The molecule has 0 fully saturated rings. The molecule has 18 heavy (non-hydrogen) atoms. The number of aromatic nitrogens is 1. The molecule has 1 aromatic carbocycles. The lowest BCUT2D eigenvalue weighted by Gasteiger charge is -2.07. The molecule has 2 rings (SSSR count). The molecule has 96 valence electrons. The van der Waals surface area contributed by atoms with Gasteiger partial charge >= 0.3 is 0 Å². The first kappa shape index (κ1) is 13.0. The topological polar surface area (TPSA) is 31.2 Å². The number of hydrogen-bond acceptors (Lipinski definition) is 2. The number of nitrogens with zero attached hydrogens (tertiary/aromatic N) is 1. The lowest BCUT2D eigenvalue weighted by molar-refractivity contribution is -0.133. The van der Waals surface area contributed by atoms with Crippen LogP contribution in [0.15, 0.2) is 24.4 Å². The van der Waals surface area contributed by atoms with Gasteiger partial charge in [0.25, 0.3) is 6.47 Å². The van der Waals surface area contributed by atoms with Crippen molar-refractivity contribution in [3.8, 4) is 0 Å². The third kappa shape index (κ3) is 2.36. The number of halogens is 1. The van der Waals surface area contributed by atoms with Gasteiger partial charge in [-0.3, -0.25) is 4.79 Å². The first-order valence-electron chi connectivity index (χ1n) is 6.04. The second-order valence-electron chi connectivity index (χ2n) is 4.31. The lowest BCUT2D eigenvalue weighted by atomic mass is 10.1. The fourth-order valence-electron chi connectivity index (χ4n) is 2.20. The Balaban J connectivity index is 2.57. The van der Waals surface area contributed by atoms with Gasteiger partial charge in [0.15, 0.2) is 0 Å². The van der Waals surface area contributed by atoms with E-state index >= 15 is 0 Å². The molecule has 1 atom stereocenters. The SMILES string of the molecule is CCCn1cc(C(C)OC=O)c2cc(Cl)ccc21. The van der Waals surface area contributed by atoms with Gasteiger partial charge in [-0.25, -0.2) is 0 Å². The number of rotatable bonds is 5. The second-order valence-corrected chi connectivity index (χ2v) is 4.75. The van der Waals surface area contributed by atoms with E-state index in [1.807, 2.05) is 31.3 Å². The fourth-order valence-corrected chi connectivity index (χ4v) is 2.38. The van der Waals surface area contributed by atoms with Crippen molar-refractivity contribution < 1.29 is 9.53 Å². The predicted octanol–water partition coefficient (Wildman–Crippen LogP) is 3.94. The molecule has 0 aliphatic rings. The maximum Gasteiger partial charge on any atom is 0.293 e. The Hall–Kier alpha value is -1.48. The van der Waals surface area contributed by atoms with Crippen molar-refractivity contribution in [1.29, 1.82) is 0 Å². The van der Waals surface area contributed by atoms with E-state index in [4.69, 9.17) is 16.3 Å². The van der Waals surface area contributed by atoms with Gasteiger partial charge in [0.1, 0.15) is 6.10 Å². The Bertz CT molecular complexity index is 562. The Kier molecular flexibility index (Phi) is 3.92. The molecule has 0 radical (unpaired) electrons. The number of aryl methyl sites for hydroxylation is 1. The van der Waals surface area contributed by atoms with E-state index < -0.39 is 0 Å². The summed E-state index contributed by atoms with van der Waals surface area (Å²) < 4.78 is 7.20. The van der Waals surface area contributed by atoms with Crippen LogP contribution in [-0.4, -0.2) is 11.0 Å². The molecule has 0 aliphatic heterocycles. The average Bonchev–Trinajstić information content (AvgIpc) is 2.68. The van der Waals surface area contributed by atoms with Crippen molar-refractivity contribution in [1.82, 2.24) is 4.57 Å². The van der Waals surface area contributed by atoms with Crippen LogP contribution in [0.2, 0.25) is 5.02 Å². The van der Waals surface area contributed by atoms with Crippen LogP contribution in [0.4, 0.5) is 0 Å². The monoisotopic (exact) mass is 265 g/mol. The molecule has 0 bridgehead atoms. The van der Waals surface area contributed by atoms with Crippen molar-refractivity contribution in [2.75, 3.05) is 0 Å². The summed E-state index contributed by atoms with van der Waals surface area (Å²) in [5.74, 6) is 0. The summed E-state index contributed by atoms with van der Waals surface area (Å²) in [4.78, 5) is 10.5. The van der Waals surface area contributed by atoms with Gasteiger partial charge in [-0.2, -0.15) is 0 Å². The van der Waals surface area contributed by atoms with E-state index in [9.17, 15) is 4.79 Å². The number of carbonyl (C=O) groups is 1. The van der Waals surface area contributed by atoms with Crippen LogP contribution in [0.3, 0.4) is 0 Å². The third-order valence-electron chi connectivity index (χ3n) is 3.04. The summed E-state index contributed by atoms with van der Waals surface area (Å²) in [6.07, 6.45) is 2.83. The van der Waals surface area contributed by atoms with Gasteiger partial charge < -0.3 is 9.30 Å². The van der Waals surface area contributed by atoms with E-state index in [-0.39, 0.29) is 6.10 Å². The van der Waals surface area contributed by atoms with Crippen molar-refractivity contribution >= 4 is 29.0 Å². The zero-order valence-corrected chi connectivity index (χ0v) is 11.3. The van der Waals surface area contributed by atoms with E-state index in [0.717, 1.165) is 29.4 Å². The summed E-state index contributed by atoms with van der Waals surface area (Å²) in [7, 11) is 0. The molecule has 0 amide bonds. The highest BCUT2D eigenvalue weighted by Crippen LogP contribution is 2.30. The summed E-state index contributed by atoms with van der Waals surface area (Å²) in [5.41, 5.74) is 2.12. The number of benzene rings is 1. The zero-order valence-electron chi connectivity index (χ0n) is 10.5. The minimum absolute atomic E-state index is 0.262. The molecule has 0 spiro atoms. The molecule has 1 unspecified atom stereocenters. The molecule has 3 nitrogen and oxygen atoms in total. The van der Waals surface area contributed by atoms with Crippen LogP contribution in [0.1, 0.15) is 31.9 Å². The van der Waals surface area contributed by atoms with E-state index in [1.165, 1.54) is 0 Å². The minimum atomic E-state index is -0.262. The molecule has 0 saturated carbocycles. The lowest BCUT2D eigenvalue weighted by Crippen LogP contribution is -1.97. The Morgan fingerprint density at radius 3 is 2.94 bits per heavy atom. The second kappa shape index (κ2) is 5.44. The third-order valence-corrected chi connectivity index (χ3v) is 3.27. The predicted molar refractivity (Wildman–Crippen MR) is 72.8 cm³/mol. The molecular weight excluding hydrogens is 250 g/mol. The van der Waals surface area contributed by atoms with Crippen molar-refractivity contribution in [2.24, 2.45) is 0 Å². The van der Waals surface area contributed by atoms with Crippen LogP contribution >= 0.6 is 11.6 Å². The van der Waals surface area contributed by atoms with Gasteiger partial charge in [-0.1, -0.05) is 18.5 Å². The van der Waals surface area contributed by atoms with Crippen LogP contribution in [-0.2, 0) is 16.1 Å². The van der Waals surface area contributed by atoms with Gasteiger partial charge in [0, 0.05) is 34.2 Å². The molecule has 0 saturated heterocycles. The van der Waals surface area contributed by atoms with Crippen LogP contribution in [0, 0.1) is 0 Å². The fraction of sp³-hybridized carbons (Fsp3) is 0.357. The van der Waals surface area contributed by atoms with Crippen molar-refractivity contribution in [3.63, 3.8) is 0 Å². The largest absolute Gasteiger partial charge is 0.460 e. The summed E-state index contributed by atoms with van der Waals surface area (Å²) in [5, 5.41) is 1.74. The normalized spacial score (nSPS) is 12.6. The molecule has 0 aliphatic carbocycles. The first-order valence-corrected chi connectivity index (χ1v) is 6.42. The van der Waals surface area contributed by atoms with Gasteiger partial charge in [-0.05, 0) is 31.5 Å². The van der Waals surface area contributed by atoms with Crippen LogP contribution in [0.25, 0.3) is 10.9 Å². The molecule has 4 heteroatoms. The van der Waals surface area contributed by atoms with Crippen LogP contribution in [0.5, 0.6) is 0 Å². The molecule has 2 aromatic rings. The van der Waals surface area contributed by atoms with E-state index in [2.05, 4.69) is 11.5 Å². The number of ether oxygens (including phenoxy) is 1. The number of carbonyl (C=O) groups excluding carboxylic acids is 1. The summed E-state index contributed by atoms with van der Waals surface area (Å²) in [6, 6.07) is 5.80. The molecular formula is C14H16ClNO2. The minimum Gasteiger partial charge on any atom is -0.460 e. The maximum absolute atomic E-state index is 10.5. The quantitative estimate of drug-likeness (QED) is 0.767.